The van der Waals surface area contributed by atoms with Gasteiger partial charge in [-0.2, -0.15) is 0 Å². The first kappa shape index (κ1) is 10.3. The van der Waals surface area contributed by atoms with E-state index < -0.39 is 0 Å². The summed E-state index contributed by atoms with van der Waals surface area (Å²) in [5.74, 6) is 0. The van der Waals surface area contributed by atoms with Gasteiger partial charge in [-0.25, -0.2) is 0 Å². The summed E-state index contributed by atoms with van der Waals surface area (Å²) in [4.78, 5) is 2.36. The average molecular weight is 204 g/mol. The van der Waals surface area contributed by atoms with Crippen molar-refractivity contribution in [2.75, 3.05) is 23.8 Å². The molecular weight excluding hydrogens is 184 g/mol. The molecule has 1 aromatic rings. The SMILES string of the molecule is CCC1CN(C)c2cc(C)cc(C)c2N1. The second-order valence-electron chi connectivity index (χ2n) is 4.61. The Morgan fingerprint density at radius 1 is 1.40 bits per heavy atom. The van der Waals surface area contributed by atoms with Crippen molar-refractivity contribution >= 4 is 11.4 Å². The van der Waals surface area contributed by atoms with Crippen LogP contribution in [0.3, 0.4) is 0 Å². The van der Waals surface area contributed by atoms with Gasteiger partial charge < -0.3 is 10.2 Å². The number of aryl methyl sites for hydroxylation is 2. The first-order chi connectivity index (χ1) is 7.11. The molecule has 82 valence electrons. The van der Waals surface area contributed by atoms with Crippen LogP contribution in [0.4, 0.5) is 11.4 Å². The predicted molar refractivity (Wildman–Crippen MR) is 66.9 cm³/mol. The van der Waals surface area contributed by atoms with Crippen molar-refractivity contribution in [3.8, 4) is 0 Å². The Bertz CT molecular complexity index is 371. The number of likely N-dealkylation sites (N-methyl/N-ethyl adjacent to an activating group) is 1. The Balaban J connectivity index is 2.45. The van der Waals surface area contributed by atoms with Gasteiger partial charge in [-0.05, 0) is 37.5 Å². The molecule has 1 N–H and O–H groups in total. The van der Waals surface area contributed by atoms with Crippen LogP contribution in [0.5, 0.6) is 0 Å². The van der Waals surface area contributed by atoms with Gasteiger partial charge in [0.25, 0.3) is 0 Å². The number of anilines is 2. The van der Waals surface area contributed by atoms with Crippen molar-refractivity contribution in [2.45, 2.75) is 33.2 Å². The average Bonchev–Trinajstić information content (AvgIpc) is 2.19. The minimum atomic E-state index is 0.587. The zero-order valence-electron chi connectivity index (χ0n) is 10.1. The molecule has 1 unspecified atom stereocenters. The fraction of sp³-hybridized carbons (Fsp3) is 0.538. The van der Waals surface area contributed by atoms with Gasteiger partial charge in [0, 0.05) is 19.6 Å². The lowest BCUT2D eigenvalue weighted by molar-refractivity contribution is 0.661. The number of nitrogens with zero attached hydrogens (tertiary/aromatic N) is 1. The van der Waals surface area contributed by atoms with E-state index in [4.69, 9.17) is 0 Å². The number of benzene rings is 1. The standard InChI is InChI=1S/C13H20N2/c1-5-11-8-15(4)12-7-9(2)6-10(3)13(12)14-11/h6-7,11,14H,5,8H2,1-4H3. The molecule has 0 aromatic heterocycles. The molecule has 1 atom stereocenters. The van der Waals surface area contributed by atoms with Gasteiger partial charge in [-0.15, -0.1) is 0 Å². The van der Waals surface area contributed by atoms with Crippen LogP contribution >= 0.6 is 0 Å². The highest BCUT2D eigenvalue weighted by Crippen LogP contribution is 2.34. The molecule has 2 heteroatoms. The van der Waals surface area contributed by atoms with Crippen LogP contribution in [0.25, 0.3) is 0 Å². The van der Waals surface area contributed by atoms with E-state index in [0.29, 0.717) is 6.04 Å². The van der Waals surface area contributed by atoms with Gasteiger partial charge in [0.15, 0.2) is 0 Å². The minimum absolute atomic E-state index is 0.587. The van der Waals surface area contributed by atoms with Crippen LogP contribution in [0.1, 0.15) is 24.5 Å². The third-order valence-corrected chi connectivity index (χ3v) is 3.21. The monoisotopic (exact) mass is 204 g/mol. The maximum Gasteiger partial charge on any atom is 0.0610 e. The summed E-state index contributed by atoms with van der Waals surface area (Å²) in [6, 6.07) is 5.10. The molecule has 0 amide bonds. The van der Waals surface area contributed by atoms with Crippen LogP contribution in [-0.2, 0) is 0 Å². The third kappa shape index (κ3) is 1.81. The van der Waals surface area contributed by atoms with Crippen LogP contribution in [0.2, 0.25) is 0 Å². The Morgan fingerprint density at radius 2 is 2.13 bits per heavy atom. The Morgan fingerprint density at radius 3 is 2.80 bits per heavy atom. The topological polar surface area (TPSA) is 15.3 Å². The fourth-order valence-electron chi connectivity index (χ4n) is 2.34. The van der Waals surface area contributed by atoms with E-state index in [1.165, 1.54) is 28.9 Å². The molecule has 1 heterocycles. The Labute approximate surface area is 92.3 Å². The van der Waals surface area contributed by atoms with Gasteiger partial charge in [-0.3, -0.25) is 0 Å². The normalized spacial score (nSPS) is 19.7. The highest BCUT2D eigenvalue weighted by molar-refractivity contribution is 5.76. The van der Waals surface area contributed by atoms with Crippen molar-refractivity contribution in [3.63, 3.8) is 0 Å². The van der Waals surface area contributed by atoms with E-state index in [-0.39, 0.29) is 0 Å². The molecule has 1 aliphatic heterocycles. The third-order valence-electron chi connectivity index (χ3n) is 3.21. The van der Waals surface area contributed by atoms with Crippen LogP contribution in [0.15, 0.2) is 12.1 Å². The Hall–Kier alpha value is -1.18. The van der Waals surface area contributed by atoms with Crippen molar-refractivity contribution in [1.29, 1.82) is 0 Å². The van der Waals surface area contributed by atoms with Crippen LogP contribution in [-0.4, -0.2) is 19.6 Å². The highest BCUT2D eigenvalue weighted by atomic mass is 15.2. The number of rotatable bonds is 1. The van der Waals surface area contributed by atoms with Gasteiger partial charge in [0.1, 0.15) is 0 Å². The summed E-state index contributed by atoms with van der Waals surface area (Å²) in [5, 5.41) is 3.63. The van der Waals surface area contributed by atoms with Crippen LogP contribution in [0, 0.1) is 13.8 Å². The van der Waals surface area contributed by atoms with Gasteiger partial charge in [-0.1, -0.05) is 13.0 Å². The minimum Gasteiger partial charge on any atom is -0.379 e. The van der Waals surface area contributed by atoms with Crippen LogP contribution < -0.4 is 10.2 Å². The van der Waals surface area contributed by atoms with E-state index in [1.807, 2.05) is 0 Å². The van der Waals surface area contributed by atoms with Gasteiger partial charge in [0.2, 0.25) is 0 Å². The summed E-state index contributed by atoms with van der Waals surface area (Å²) in [6.45, 7) is 7.68. The number of fused-ring (bicyclic) bond motifs is 1. The zero-order chi connectivity index (χ0) is 11.0. The van der Waals surface area contributed by atoms with Gasteiger partial charge in [0.05, 0.1) is 11.4 Å². The van der Waals surface area contributed by atoms with E-state index in [9.17, 15) is 0 Å². The summed E-state index contributed by atoms with van der Waals surface area (Å²) in [6.07, 6.45) is 1.18. The first-order valence-electron chi connectivity index (χ1n) is 5.70. The van der Waals surface area contributed by atoms with E-state index >= 15 is 0 Å². The molecule has 0 spiro atoms. The molecule has 0 saturated carbocycles. The molecule has 1 aliphatic rings. The largest absolute Gasteiger partial charge is 0.379 e. The molecule has 0 bridgehead atoms. The molecule has 15 heavy (non-hydrogen) atoms. The maximum absolute atomic E-state index is 3.63. The lowest BCUT2D eigenvalue weighted by Crippen LogP contribution is -2.39. The van der Waals surface area contributed by atoms with E-state index in [2.05, 4.69) is 50.2 Å². The molecule has 0 fully saturated rings. The number of nitrogens with one attached hydrogen (secondary N) is 1. The second kappa shape index (κ2) is 3.76. The zero-order valence-corrected chi connectivity index (χ0v) is 10.1. The van der Waals surface area contributed by atoms with Crippen molar-refractivity contribution < 1.29 is 0 Å². The van der Waals surface area contributed by atoms with Crippen molar-refractivity contribution in [1.82, 2.24) is 0 Å². The summed E-state index contributed by atoms with van der Waals surface area (Å²) < 4.78 is 0. The highest BCUT2D eigenvalue weighted by Gasteiger charge is 2.21. The molecular formula is C13H20N2. The lowest BCUT2D eigenvalue weighted by Gasteiger charge is -2.35. The van der Waals surface area contributed by atoms with Crippen molar-refractivity contribution in [3.05, 3.63) is 23.3 Å². The molecule has 0 aliphatic carbocycles. The lowest BCUT2D eigenvalue weighted by atomic mass is 10.0. The molecule has 2 rings (SSSR count). The molecule has 1 aromatic carbocycles. The second-order valence-corrected chi connectivity index (χ2v) is 4.61. The fourth-order valence-corrected chi connectivity index (χ4v) is 2.34. The number of hydrogen-bond acceptors (Lipinski definition) is 2. The predicted octanol–water partition coefficient (Wildman–Crippen LogP) is 2.94. The smallest absolute Gasteiger partial charge is 0.0610 e. The van der Waals surface area contributed by atoms with E-state index in [0.717, 1.165) is 6.54 Å². The maximum atomic E-state index is 3.63. The Kier molecular flexibility index (Phi) is 2.59. The van der Waals surface area contributed by atoms with E-state index in [1.54, 1.807) is 0 Å². The van der Waals surface area contributed by atoms with Gasteiger partial charge >= 0.3 is 0 Å². The number of hydrogen-bond donors (Lipinski definition) is 1. The molecule has 0 radical (unpaired) electrons. The molecule has 0 saturated heterocycles. The summed E-state index contributed by atoms with van der Waals surface area (Å²) in [5.41, 5.74) is 5.36. The van der Waals surface area contributed by atoms with Crippen molar-refractivity contribution in [2.24, 2.45) is 0 Å². The summed E-state index contributed by atoms with van der Waals surface area (Å²) >= 11 is 0. The quantitative estimate of drug-likeness (QED) is 0.756. The summed E-state index contributed by atoms with van der Waals surface area (Å²) in [7, 11) is 2.18. The first-order valence-corrected chi connectivity index (χ1v) is 5.70. The molecule has 2 nitrogen and oxygen atoms in total.